The van der Waals surface area contributed by atoms with E-state index in [-0.39, 0.29) is 12.5 Å². The highest BCUT2D eigenvalue weighted by atomic mass is 16.5. The SMILES string of the molecule is Cc1cc(C)cc(NC(=O)COc2cccc(C)c2C)c1. The molecule has 3 nitrogen and oxygen atoms in total. The molecule has 0 aliphatic rings. The zero-order valence-electron chi connectivity index (χ0n) is 13.0. The first-order chi connectivity index (χ1) is 9.95. The second-order valence-electron chi connectivity index (χ2n) is 5.41. The Hall–Kier alpha value is -2.29. The number of hydrogen-bond acceptors (Lipinski definition) is 2. The molecule has 110 valence electrons. The normalized spacial score (nSPS) is 10.3. The van der Waals surface area contributed by atoms with Crippen molar-refractivity contribution in [1.29, 1.82) is 0 Å². The van der Waals surface area contributed by atoms with E-state index in [0.29, 0.717) is 0 Å². The minimum absolute atomic E-state index is 0.0112. The molecule has 0 bridgehead atoms. The van der Waals surface area contributed by atoms with Crippen molar-refractivity contribution in [2.75, 3.05) is 11.9 Å². The minimum atomic E-state index is -0.152. The number of aryl methyl sites for hydroxylation is 3. The molecule has 0 aromatic heterocycles. The summed E-state index contributed by atoms with van der Waals surface area (Å²) in [6.45, 7) is 8.05. The summed E-state index contributed by atoms with van der Waals surface area (Å²) in [6, 6.07) is 11.8. The molecule has 3 heteroatoms. The number of ether oxygens (including phenoxy) is 1. The van der Waals surface area contributed by atoms with Crippen LogP contribution in [-0.4, -0.2) is 12.5 Å². The van der Waals surface area contributed by atoms with E-state index in [9.17, 15) is 4.79 Å². The van der Waals surface area contributed by atoms with Gasteiger partial charge in [0.1, 0.15) is 5.75 Å². The number of carbonyl (C=O) groups is 1. The molecular weight excluding hydrogens is 262 g/mol. The maximum atomic E-state index is 12.0. The fourth-order valence-electron chi connectivity index (χ4n) is 2.27. The van der Waals surface area contributed by atoms with Gasteiger partial charge in [0.2, 0.25) is 0 Å². The summed E-state index contributed by atoms with van der Waals surface area (Å²) in [7, 11) is 0. The van der Waals surface area contributed by atoms with Crippen molar-refractivity contribution in [2.45, 2.75) is 27.7 Å². The molecule has 0 atom stereocenters. The van der Waals surface area contributed by atoms with Crippen LogP contribution < -0.4 is 10.1 Å². The molecule has 0 unspecified atom stereocenters. The van der Waals surface area contributed by atoms with Gasteiger partial charge in [-0.05, 0) is 68.1 Å². The lowest BCUT2D eigenvalue weighted by atomic mass is 10.1. The predicted octanol–water partition coefficient (Wildman–Crippen LogP) is 3.94. The summed E-state index contributed by atoms with van der Waals surface area (Å²) in [5, 5.41) is 2.86. The lowest BCUT2D eigenvalue weighted by Crippen LogP contribution is -2.20. The predicted molar refractivity (Wildman–Crippen MR) is 86.0 cm³/mol. The maximum absolute atomic E-state index is 12.0. The average molecular weight is 283 g/mol. The van der Waals surface area contributed by atoms with Gasteiger partial charge in [0.25, 0.3) is 5.91 Å². The second kappa shape index (κ2) is 6.44. The van der Waals surface area contributed by atoms with Crippen molar-refractivity contribution in [3.05, 3.63) is 58.7 Å². The van der Waals surface area contributed by atoms with Crippen molar-refractivity contribution < 1.29 is 9.53 Å². The molecule has 1 amide bonds. The van der Waals surface area contributed by atoms with Gasteiger partial charge in [-0.1, -0.05) is 18.2 Å². The smallest absolute Gasteiger partial charge is 0.262 e. The van der Waals surface area contributed by atoms with Crippen LogP contribution in [0.25, 0.3) is 0 Å². The minimum Gasteiger partial charge on any atom is -0.483 e. The highest BCUT2D eigenvalue weighted by Crippen LogP contribution is 2.20. The van der Waals surface area contributed by atoms with Crippen LogP contribution in [0.1, 0.15) is 22.3 Å². The van der Waals surface area contributed by atoms with Gasteiger partial charge in [-0.2, -0.15) is 0 Å². The Labute approximate surface area is 126 Å². The first kappa shape index (κ1) is 15.1. The molecule has 0 saturated heterocycles. The molecule has 1 N–H and O–H groups in total. The Kier molecular flexibility index (Phi) is 4.63. The zero-order chi connectivity index (χ0) is 15.4. The largest absolute Gasteiger partial charge is 0.483 e. The van der Waals surface area contributed by atoms with E-state index in [4.69, 9.17) is 4.74 Å². The number of rotatable bonds is 4. The summed E-state index contributed by atoms with van der Waals surface area (Å²) in [4.78, 5) is 12.0. The van der Waals surface area contributed by atoms with Crippen molar-refractivity contribution in [3.63, 3.8) is 0 Å². The summed E-state index contributed by atoms with van der Waals surface area (Å²) in [5.41, 5.74) is 5.28. The van der Waals surface area contributed by atoms with E-state index in [1.54, 1.807) is 0 Å². The molecule has 2 rings (SSSR count). The van der Waals surface area contributed by atoms with Crippen LogP contribution in [0.5, 0.6) is 5.75 Å². The van der Waals surface area contributed by atoms with Crippen LogP contribution in [-0.2, 0) is 4.79 Å². The monoisotopic (exact) mass is 283 g/mol. The van der Waals surface area contributed by atoms with Crippen molar-refractivity contribution in [3.8, 4) is 5.75 Å². The maximum Gasteiger partial charge on any atom is 0.262 e. The molecule has 0 fully saturated rings. The summed E-state index contributed by atoms with van der Waals surface area (Å²) >= 11 is 0. The second-order valence-corrected chi connectivity index (χ2v) is 5.41. The van der Waals surface area contributed by atoms with E-state index in [0.717, 1.165) is 33.7 Å². The number of hydrogen-bond donors (Lipinski definition) is 1. The molecular formula is C18H21NO2. The fraction of sp³-hybridized carbons (Fsp3) is 0.278. The van der Waals surface area contributed by atoms with Gasteiger partial charge in [0.05, 0.1) is 0 Å². The third kappa shape index (κ3) is 4.09. The number of benzene rings is 2. The number of anilines is 1. The first-order valence-electron chi connectivity index (χ1n) is 7.03. The first-order valence-corrected chi connectivity index (χ1v) is 7.03. The van der Waals surface area contributed by atoms with E-state index in [1.165, 1.54) is 0 Å². The van der Waals surface area contributed by atoms with Crippen LogP contribution >= 0.6 is 0 Å². The third-order valence-corrected chi connectivity index (χ3v) is 3.42. The number of carbonyl (C=O) groups excluding carboxylic acids is 1. The van der Waals surface area contributed by atoms with Crippen LogP contribution in [0.2, 0.25) is 0 Å². The van der Waals surface area contributed by atoms with Crippen molar-refractivity contribution in [2.24, 2.45) is 0 Å². The fourth-order valence-corrected chi connectivity index (χ4v) is 2.27. The highest BCUT2D eigenvalue weighted by molar-refractivity contribution is 5.92. The molecule has 0 saturated carbocycles. The van der Waals surface area contributed by atoms with Gasteiger partial charge in [-0.25, -0.2) is 0 Å². The Morgan fingerprint density at radius 1 is 1.05 bits per heavy atom. The van der Waals surface area contributed by atoms with Crippen LogP contribution in [0.3, 0.4) is 0 Å². The molecule has 0 heterocycles. The quantitative estimate of drug-likeness (QED) is 0.923. The van der Waals surface area contributed by atoms with Crippen molar-refractivity contribution in [1.82, 2.24) is 0 Å². The van der Waals surface area contributed by atoms with Gasteiger partial charge in [-0.3, -0.25) is 4.79 Å². The molecule has 2 aromatic carbocycles. The van der Waals surface area contributed by atoms with E-state index >= 15 is 0 Å². The Morgan fingerprint density at radius 3 is 2.38 bits per heavy atom. The topological polar surface area (TPSA) is 38.3 Å². The summed E-state index contributed by atoms with van der Waals surface area (Å²) < 4.78 is 5.60. The van der Waals surface area contributed by atoms with Crippen LogP contribution in [0.15, 0.2) is 36.4 Å². The number of amides is 1. The van der Waals surface area contributed by atoms with Crippen molar-refractivity contribution >= 4 is 11.6 Å². The van der Waals surface area contributed by atoms with Gasteiger partial charge in [0, 0.05) is 5.69 Å². The summed E-state index contributed by atoms with van der Waals surface area (Å²) in [6.07, 6.45) is 0. The Morgan fingerprint density at radius 2 is 1.71 bits per heavy atom. The lowest BCUT2D eigenvalue weighted by Gasteiger charge is -2.11. The summed E-state index contributed by atoms with van der Waals surface area (Å²) in [5.74, 6) is 0.603. The molecule has 0 spiro atoms. The molecule has 21 heavy (non-hydrogen) atoms. The Bertz CT molecular complexity index is 642. The zero-order valence-corrected chi connectivity index (χ0v) is 13.0. The van der Waals surface area contributed by atoms with Gasteiger partial charge in [-0.15, -0.1) is 0 Å². The van der Waals surface area contributed by atoms with E-state index < -0.39 is 0 Å². The van der Waals surface area contributed by atoms with Gasteiger partial charge >= 0.3 is 0 Å². The number of nitrogens with one attached hydrogen (secondary N) is 1. The lowest BCUT2D eigenvalue weighted by molar-refractivity contribution is -0.118. The van der Waals surface area contributed by atoms with Crippen LogP contribution in [0, 0.1) is 27.7 Å². The third-order valence-electron chi connectivity index (χ3n) is 3.42. The Balaban J connectivity index is 1.97. The van der Waals surface area contributed by atoms with Gasteiger partial charge in [0.15, 0.2) is 6.61 Å². The molecule has 0 aliphatic heterocycles. The van der Waals surface area contributed by atoms with Gasteiger partial charge < -0.3 is 10.1 Å². The average Bonchev–Trinajstić information content (AvgIpc) is 2.39. The molecule has 0 radical (unpaired) electrons. The van der Waals surface area contributed by atoms with Crippen LogP contribution in [0.4, 0.5) is 5.69 Å². The van der Waals surface area contributed by atoms with E-state index in [2.05, 4.69) is 11.4 Å². The molecule has 2 aromatic rings. The van der Waals surface area contributed by atoms with E-state index in [1.807, 2.05) is 58.0 Å². The highest BCUT2D eigenvalue weighted by Gasteiger charge is 2.07. The molecule has 0 aliphatic carbocycles. The standard InChI is InChI=1S/C18H21NO2/c1-12-8-13(2)10-16(9-12)19-18(20)11-21-17-7-5-6-14(3)15(17)4/h5-10H,11H2,1-4H3,(H,19,20).